The highest BCUT2D eigenvalue weighted by Gasteiger charge is 2.04. The van der Waals surface area contributed by atoms with Gasteiger partial charge in [0.15, 0.2) is 0 Å². The smallest absolute Gasteiger partial charge is 0.255 e. The summed E-state index contributed by atoms with van der Waals surface area (Å²) in [4.78, 5) is 11.9. The Labute approximate surface area is 114 Å². The average molecular weight is 272 g/mol. The van der Waals surface area contributed by atoms with Crippen LogP contribution in [0.1, 0.15) is 0 Å². The van der Waals surface area contributed by atoms with Crippen molar-refractivity contribution in [2.45, 2.75) is 0 Å². The van der Waals surface area contributed by atoms with Gasteiger partial charge in [-0.1, -0.05) is 11.6 Å². The summed E-state index contributed by atoms with van der Waals surface area (Å²) in [5.74, 6) is 0. The van der Waals surface area contributed by atoms with Crippen LogP contribution in [0.3, 0.4) is 0 Å². The molecular weight excluding hydrogens is 262 g/mol. The van der Waals surface area contributed by atoms with Crippen molar-refractivity contribution in [3.63, 3.8) is 0 Å². The molecule has 1 N–H and O–H groups in total. The van der Waals surface area contributed by atoms with Crippen molar-refractivity contribution >= 4 is 11.6 Å². The highest BCUT2D eigenvalue weighted by atomic mass is 35.5. The number of pyridine rings is 1. The molecule has 2 aromatic heterocycles. The fourth-order valence-electron chi connectivity index (χ4n) is 1.87. The molecule has 1 aromatic carbocycles. The molecule has 0 atom stereocenters. The molecule has 4 nitrogen and oxygen atoms in total. The molecule has 2 heterocycles. The van der Waals surface area contributed by atoms with Crippen LogP contribution < -0.4 is 5.56 Å². The normalized spacial score (nSPS) is 10.6. The van der Waals surface area contributed by atoms with Gasteiger partial charge < -0.3 is 0 Å². The van der Waals surface area contributed by atoms with E-state index >= 15 is 0 Å². The Morgan fingerprint density at radius 1 is 1.05 bits per heavy atom. The van der Waals surface area contributed by atoms with Gasteiger partial charge in [-0.05, 0) is 30.3 Å². The molecule has 0 aliphatic carbocycles. The van der Waals surface area contributed by atoms with Crippen molar-refractivity contribution in [2.24, 2.45) is 0 Å². The van der Waals surface area contributed by atoms with Crippen LogP contribution in [0.15, 0.2) is 59.8 Å². The monoisotopic (exact) mass is 271 g/mol. The molecule has 0 saturated carbocycles. The zero-order valence-corrected chi connectivity index (χ0v) is 10.6. The van der Waals surface area contributed by atoms with Gasteiger partial charge in [-0.3, -0.25) is 14.5 Å². The van der Waals surface area contributed by atoms with Crippen molar-refractivity contribution in [1.82, 2.24) is 14.8 Å². The highest BCUT2D eigenvalue weighted by molar-refractivity contribution is 6.30. The molecule has 0 amide bonds. The van der Waals surface area contributed by atoms with Crippen molar-refractivity contribution in [3.8, 4) is 16.8 Å². The van der Waals surface area contributed by atoms with E-state index in [1.54, 1.807) is 41.4 Å². The van der Waals surface area contributed by atoms with E-state index in [1.807, 2.05) is 12.1 Å². The number of aromatic amines is 1. The Balaban J connectivity index is 2.13. The van der Waals surface area contributed by atoms with Crippen molar-refractivity contribution in [1.29, 1.82) is 0 Å². The topological polar surface area (TPSA) is 50.7 Å². The zero-order chi connectivity index (χ0) is 13.2. The van der Waals surface area contributed by atoms with E-state index in [9.17, 15) is 4.79 Å². The summed E-state index contributed by atoms with van der Waals surface area (Å²) < 4.78 is 1.58. The number of rotatable bonds is 2. The lowest BCUT2D eigenvalue weighted by Crippen LogP contribution is -2.16. The number of halogens is 1. The van der Waals surface area contributed by atoms with E-state index in [2.05, 4.69) is 10.2 Å². The van der Waals surface area contributed by atoms with Gasteiger partial charge in [0.1, 0.15) is 0 Å². The molecule has 19 heavy (non-hydrogen) atoms. The summed E-state index contributed by atoms with van der Waals surface area (Å²) in [6, 6.07) is 10.4. The molecule has 0 spiro atoms. The van der Waals surface area contributed by atoms with Gasteiger partial charge in [-0.15, -0.1) is 0 Å². The average Bonchev–Trinajstić information content (AvgIpc) is 2.94. The van der Waals surface area contributed by atoms with Crippen LogP contribution in [0.25, 0.3) is 16.8 Å². The van der Waals surface area contributed by atoms with Crippen LogP contribution in [0.5, 0.6) is 0 Å². The third-order valence-electron chi connectivity index (χ3n) is 2.85. The summed E-state index contributed by atoms with van der Waals surface area (Å²) in [5.41, 5.74) is 2.54. The van der Waals surface area contributed by atoms with Gasteiger partial charge in [0.2, 0.25) is 0 Å². The molecule has 3 rings (SSSR count). The number of nitrogens with zero attached hydrogens (tertiary/aromatic N) is 2. The predicted octanol–water partition coefficient (Wildman–Crippen LogP) is 2.88. The Kier molecular flexibility index (Phi) is 2.93. The summed E-state index contributed by atoms with van der Waals surface area (Å²) in [5, 5.41) is 7.30. The highest BCUT2D eigenvalue weighted by Crippen LogP contribution is 2.18. The molecule has 0 aliphatic rings. The van der Waals surface area contributed by atoms with Crippen molar-refractivity contribution in [3.05, 3.63) is 70.4 Å². The van der Waals surface area contributed by atoms with E-state index in [4.69, 9.17) is 11.6 Å². The SMILES string of the molecule is O=c1ccc(-c2cn[nH]c2)cn1-c1ccc(Cl)cc1. The molecule has 0 unspecified atom stereocenters. The molecular formula is C14H10ClN3O. The standard InChI is InChI=1S/C14H10ClN3O/c15-12-2-4-13(5-3-12)18-9-10(1-6-14(18)19)11-7-16-17-8-11/h1-9H,(H,16,17). The van der Waals surface area contributed by atoms with Gasteiger partial charge >= 0.3 is 0 Å². The van der Waals surface area contributed by atoms with Gasteiger partial charge in [0.05, 0.1) is 6.20 Å². The number of aromatic nitrogens is 3. The lowest BCUT2D eigenvalue weighted by Gasteiger charge is -2.07. The number of H-pyrrole nitrogens is 1. The summed E-state index contributed by atoms with van der Waals surface area (Å²) in [6.07, 6.45) is 5.29. The van der Waals surface area contributed by atoms with Gasteiger partial charge in [0, 0.05) is 40.3 Å². The molecule has 94 valence electrons. The first-order valence-corrected chi connectivity index (χ1v) is 6.10. The van der Waals surface area contributed by atoms with Gasteiger partial charge in [-0.25, -0.2) is 0 Å². The first-order chi connectivity index (χ1) is 9.24. The minimum atomic E-state index is -0.0884. The second-order valence-electron chi connectivity index (χ2n) is 4.09. The first kappa shape index (κ1) is 11.7. The fraction of sp³-hybridized carbons (Fsp3) is 0. The fourth-order valence-corrected chi connectivity index (χ4v) is 2.00. The predicted molar refractivity (Wildman–Crippen MR) is 74.6 cm³/mol. The molecule has 0 fully saturated rings. The third kappa shape index (κ3) is 2.30. The molecule has 0 aliphatic heterocycles. The summed E-state index contributed by atoms with van der Waals surface area (Å²) in [6.45, 7) is 0. The molecule has 0 saturated heterocycles. The van der Waals surface area contributed by atoms with Crippen molar-refractivity contribution < 1.29 is 0 Å². The maximum atomic E-state index is 11.9. The summed E-state index contributed by atoms with van der Waals surface area (Å²) in [7, 11) is 0. The van der Waals surface area contributed by atoms with E-state index in [0.29, 0.717) is 5.02 Å². The van der Waals surface area contributed by atoms with Gasteiger partial charge in [0.25, 0.3) is 5.56 Å². The lowest BCUT2D eigenvalue weighted by molar-refractivity contribution is 0.993. The zero-order valence-electron chi connectivity index (χ0n) is 9.88. The van der Waals surface area contributed by atoms with Crippen LogP contribution in [0, 0.1) is 0 Å². The number of hydrogen-bond acceptors (Lipinski definition) is 2. The maximum Gasteiger partial charge on any atom is 0.255 e. The first-order valence-electron chi connectivity index (χ1n) is 5.72. The van der Waals surface area contributed by atoms with Crippen LogP contribution in [-0.2, 0) is 0 Å². The van der Waals surface area contributed by atoms with Crippen LogP contribution in [0.4, 0.5) is 0 Å². The second kappa shape index (κ2) is 4.74. The summed E-state index contributed by atoms with van der Waals surface area (Å²) >= 11 is 5.85. The largest absolute Gasteiger partial charge is 0.285 e. The molecule has 0 radical (unpaired) electrons. The third-order valence-corrected chi connectivity index (χ3v) is 3.10. The van der Waals surface area contributed by atoms with Crippen LogP contribution >= 0.6 is 11.6 Å². The van der Waals surface area contributed by atoms with E-state index in [1.165, 1.54) is 6.07 Å². The number of hydrogen-bond donors (Lipinski definition) is 1. The van der Waals surface area contributed by atoms with E-state index in [0.717, 1.165) is 16.8 Å². The van der Waals surface area contributed by atoms with Crippen LogP contribution in [-0.4, -0.2) is 14.8 Å². The second-order valence-corrected chi connectivity index (χ2v) is 4.53. The van der Waals surface area contributed by atoms with E-state index in [-0.39, 0.29) is 5.56 Å². The lowest BCUT2D eigenvalue weighted by atomic mass is 10.1. The Bertz CT molecular complexity index is 745. The number of benzene rings is 1. The molecule has 3 aromatic rings. The number of nitrogens with one attached hydrogen (secondary N) is 1. The van der Waals surface area contributed by atoms with Crippen LogP contribution in [0.2, 0.25) is 5.02 Å². The minimum absolute atomic E-state index is 0.0884. The quantitative estimate of drug-likeness (QED) is 0.779. The van der Waals surface area contributed by atoms with Crippen molar-refractivity contribution in [2.75, 3.05) is 0 Å². The minimum Gasteiger partial charge on any atom is -0.285 e. The Hall–Kier alpha value is -2.33. The Morgan fingerprint density at radius 3 is 2.53 bits per heavy atom. The van der Waals surface area contributed by atoms with E-state index < -0.39 is 0 Å². The van der Waals surface area contributed by atoms with Gasteiger partial charge in [-0.2, -0.15) is 5.10 Å². The Morgan fingerprint density at radius 2 is 1.84 bits per heavy atom. The molecule has 5 heteroatoms. The molecule has 0 bridgehead atoms. The maximum absolute atomic E-state index is 11.9.